The number of methoxy groups -OCH3 is 1. The summed E-state index contributed by atoms with van der Waals surface area (Å²) in [7, 11) is -2.75. The molecule has 0 radical (unpaired) electrons. The summed E-state index contributed by atoms with van der Waals surface area (Å²) in [5.74, 6) is -0.834. The molecule has 0 aliphatic heterocycles. The van der Waals surface area contributed by atoms with Crippen LogP contribution in [0.4, 0.5) is 0 Å². The molecule has 0 aromatic heterocycles. The Labute approximate surface area is 171 Å². The first-order chi connectivity index (χ1) is 13.5. The number of sulfonamides is 1. The number of rotatable bonds is 7. The lowest BCUT2D eigenvalue weighted by molar-refractivity contribution is -0.142. The third-order valence-electron chi connectivity index (χ3n) is 6.88. The molecule has 1 aromatic rings. The topological polar surface area (TPSA) is 113 Å². The van der Waals surface area contributed by atoms with Gasteiger partial charge in [-0.05, 0) is 48.3 Å². The number of nitrogens with zero attached hydrogens (tertiary/aromatic N) is 1. The van der Waals surface area contributed by atoms with Gasteiger partial charge in [0.05, 0.1) is 24.5 Å². The van der Waals surface area contributed by atoms with E-state index in [-0.39, 0.29) is 29.3 Å². The molecule has 2 aliphatic carbocycles. The van der Waals surface area contributed by atoms with Gasteiger partial charge in [-0.15, -0.1) is 0 Å². The molecule has 7 nitrogen and oxygen atoms in total. The molecule has 0 heterocycles. The maximum atomic E-state index is 13.0. The SMILES string of the molecule is COC(=O)[C@H](Cc1cccc(C#N)c1)NS(=O)(=O)C[C@@]12CC[C@@H](CC1=O)C2(C)C. The average Bonchev–Trinajstić information content (AvgIpc) is 3.00. The van der Waals surface area contributed by atoms with E-state index in [0.29, 0.717) is 24.0 Å². The van der Waals surface area contributed by atoms with Crippen molar-refractivity contribution in [3.63, 3.8) is 0 Å². The van der Waals surface area contributed by atoms with Crippen molar-refractivity contribution in [2.45, 2.75) is 45.6 Å². The van der Waals surface area contributed by atoms with Crippen LogP contribution in [0.5, 0.6) is 0 Å². The number of fused-ring (bicyclic) bond motifs is 2. The Hall–Kier alpha value is -2.24. The van der Waals surface area contributed by atoms with Crippen molar-refractivity contribution in [1.82, 2.24) is 4.72 Å². The van der Waals surface area contributed by atoms with Gasteiger partial charge in [0, 0.05) is 11.8 Å². The molecule has 1 N–H and O–H groups in total. The van der Waals surface area contributed by atoms with Crippen molar-refractivity contribution < 1.29 is 22.7 Å². The fraction of sp³-hybridized carbons (Fsp3) is 0.571. The quantitative estimate of drug-likeness (QED) is 0.677. The Morgan fingerprint density at radius 1 is 1.41 bits per heavy atom. The van der Waals surface area contributed by atoms with Gasteiger partial charge >= 0.3 is 5.97 Å². The van der Waals surface area contributed by atoms with E-state index in [9.17, 15) is 18.0 Å². The molecule has 0 amide bonds. The second-order valence-corrected chi connectivity index (χ2v) is 10.4. The third kappa shape index (κ3) is 3.81. The average molecular weight is 419 g/mol. The second-order valence-electron chi connectivity index (χ2n) is 8.64. The zero-order chi connectivity index (χ0) is 21.4. The van der Waals surface area contributed by atoms with E-state index in [4.69, 9.17) is 10.00 Å². The van der Waals surface area contributed by atoms with Crippen LogP contribution in [-0.4, -0.2) is 39.1 Å². The second kappa shape index (κ2) is 7.54. The van der Waals surface area contributed by atoms with Gasteiger partial charge in [-0.2, -0.15) is 5.26 Å². The molecule has 2 aliphatic rings. The summed E-state index contributed by atoms with van der Waals surface area (Å²) in [6.45, 7) is 3.94. The fourth-order valence-corrected chi connectivity index (χ4v) is 7.03. The van der Waals surface area contributed by atoms with Gasteiger partial charge < -0.3 is 4.74 Å². The van der Waals surface area contributed by atoms with Crippen LogP contribution < -0.4 is 4.72 Å². The highest BCUT2D eigenvalue weighted by atomic mass is 32.2. The summed E-state index contributed by atoms with van der Waals surface area (Å²) < 4.78 is 33.3. The number of nitrogens with one attached hydrogen (secondary N) is 1. The molecule has 156 valence electrons. The minimum Gasteiger partial charge on any atom is -0.468 e. The fourth-order valence-electron chi connectivity index (χ4n) is 5.01. The maximum absolute atomic E-state index is 13.0. The zero-order valence-corrected chi connectivity index (χ0v) is 17.7. The summed E-state index contributed by atoms with van der Waals surface area (Å²) in [5, 5.41) is 9.05. The van der Waals surface area contributed by atoms with E-state index in [2.05, 4.69) is 4.72 Å². The van der Waals surface area contributed by atoms with Gasteiger partial charge in [-0.3, -0.25) is 9.59 Å². The lowest BCUT2D eigenvalue weighted by atomic mass is 9.70. The number of carbonyl (C=O) groups is 2. The highest BCUT2D eigenvalue weighted by molar-refractivity contribution is 7.89. The summed E-state index contributed by atoms with van der Waals surface area (Å²) in [5.41, 5.74) is -0.243. The molecule has 0 saturated heterocycles. The Morgan fingerprint density at radius 2 is 2.14 bits per heavy atom. The van der Waals surface area contributed by atoms with Crippen LogP contribution in [0.1, 0.15) is 44.2 Å². The highest BCUT2D eigenvalue weighted by Gasteiger charge is 2.65. The molecule has 3 rings (SSSR count). The molecule has 0 unspecified atom stereocenters. The summed E-state index contributed by atoms with van der Waals surface area (Å²) in [6.07, 6.45) is 1.87. The van der Waals surface area contributed by atoms with E-state index in [1.807, 2.05) is 19.9 Å². The molecule has 2 fully saturated rings. The number of esters is 1. The molecule has 2 bridgehead atoms. The monoisotopic (exact) mass is 418 g/mol. The zero-order valence-electron chi connectivity index (χ0n) is 16.9. The van der Waals surface area contributed by atoms with Crippen LogP contribution in [0.2, 0.25) is 0 Å². The number of hydrogen-bond donors (Lipinski definition) is 1. The molecule has 1 aromatic carbocycles. The summed E-state index contributed by atoms with van der Waals surface area (Å²) in [4.78, 5) is 24.9. The Morgan fingerprint density at radius 3 is 2.69 bits per heavy atom. The number of nitriles is 1. The van der Waals surface area contributed by atoms with Crippen LogP contribution in [-0.2, 0) is 30.8 Å². The minimum absolute atomic E-state index is 0.000430. The lowest BCUT2D eigenvalue weighted by Gasteiger charge is -2.36. The van der Waals surface area contributed by atoms with Crippen LogP contribution in [0.15, 0.2) is 24.3 Å². The van der Waals surface area contributed by atoms with Gasteiger partial charge in [0.25, 0.3) is 0 Å². The molecule has 29 heavy (non-hydrogen) atoms. The van der Waals surface area contributed by atoms with Gasteiger partial charge in [0.15, 0.2) is 0 Å². The van der Waals surface area contributed by atoms with Gasteiger partial charge in [0.1, 0.15) is 11.8 Å². The van der Waals surface area contributed by atoms with E-state index < -0.39 is 27.4 Å². The number of hydrogen-bond acceptors (Lipinski definition) is 6. The lowest BCUT2D eigenvalue weighted by Crippen LogP contribution is -2.50. The number of ketones is 1. The Balaban J connectivity index is 1.82. The molecule has 0 spiro atoms. The summed E-state index contributed by atoms with van der Waals surface area (Å²) >= 11 is 0. The van der Waals surface area contributed by atoms with Crippen molar-refractivity contribution in [3.8, 4) is 6.07 Å². The van der Waals surface area contributed by atoms with Crippen LogP contribution in [0.3, 0.4) is 0 Å². The van der Waals surface area contributed by atoms with Gasteiger partial charge in [0.2, 0.25) is 10.0 Å². The normalized spacial score (nSPS) is 26.1. The maximum Gasteiger partial charge on any atom is 0.324 e. The number of benzene rings is 1. The standard InChI is InChI=1S/C21H26N2O5S/c1-20(2)16-7-8-21(20,18(24)11-16)13-29(26,27)23-17(19(25)28-3)10-14-5-4-6-15(9-14)12-22/h4-6,9,16-17,23H,7-8,10-11,13H2,1-3H3/t16-,17-,21-/m0/s1. The predicted octanol–water partition coefficient (Wildman–Crippen LogP) is 1.96. The van der Waals surface area contributed by atoms with Gasteiger partial charge in [-0.1, -0.05) is 26.0 Å². The van der Waals surface area contributed by atoms with Crippen molar-refractivity contribution >= 4 is 21.8 Å². The number of carbonyl (C=O) groups excluding carboxylic acids is 2. The van der Waals surface area contributed by atoms with Gasteiger partial charge in [-0.25, -0.2) is 13.1 Å². The van der Waals surface area contributed by atoms with E-state index in [1.54, 1.807) is 24.3 Å². The minimum atomic E-state index is -3.94. The molecule has 2 saturated carbocycles. The van der Waals surface area contributed by atoms with Crippen molar-refractivity contribution in [3.05, 3.63) is 35.4 Å². The van der Waals surface area contributed by atoms with E-state index >= 15 is 0 Å². The largest absolute Gasteiger partial charge is 0.468 e. The Bertz CT molecular complexity index is 979. The highest BCUT2D eigenvalue weighted by Crippen LogP contribution is 2.64. The molecule has 3 atom stereocenters. The van der Waals surface area contributed by atoms with Crippen molar-refractivity contribution in [2.24, 2.45) is 16.7 Å². The molecular formula is C21H26N2O5S. The van der Waals surface area contributed by atoms with Crippen molar-refractivity contribution in [2.75, 3.05) is 12.9 Å². The Kier molecular flexibility index (Phi) is 5.58. The number of Topliss-reactive ketones (excluding diaryl/α,β-unsaturated/α-hetero) is 1. The van der Waals surface area contributed by atoms with E-state index in [0.717, 1.165) is 6.42 Å². The van der Waals surface area contributed by atoms with E-state index in [1.165, 1.54) is 7.11 Å². The first-order valence-electron chi connectivity index (χ1n) is 9.65. The predicted molar refractivity (Wildman–Crippen MR) is 106 cm³/mol. The first-order valence-corrected chi connectivity index (χ1v) is 11.3. The van der Waals surface area contributed by atoms with Crippen LogP contribution in [0, 0.1) is 28.1 Å². The molecular weight excluding hydrogens is 392 g/mol. The molecule has 8 heteroatoms. The first kappa shape index (κ1) is 21.5. The van der Waals surface area contributed by atoms with Crippen LogP contribution >= 0.6 is 0 Å². The summed E-state index contributed by atoms with van der Waals surface area (Å²) in [6, 6.07) is 7.51. The van der Waals surface area contributed by atoms with Crippen LogP contribution in [0.25, 0.3) is 0 Å². The van der Waals surface area contributed by atoms with Crippen molar-refractivity contribution in [1.29, 1.82) is 5.26 Å². The third-order valence-corrected chi connectivity index (χ3v) is 8.40. The number of ether oxygens (including phenoxy) is 1. The smallest absolute Gasteiger partial charge is 0.324 e.